The van der Waals surface area contributed by atoms with E-state index in [0.717, 1.165) is 13.1 Å². The number of hydrogen-bond donors (Lipinski definition) is 1. The van der Waals surface area contributed by atoms with Gasteiger partial charge in [-0.2, -0.15) is 0 Å². The minimum atomic E-state index is 0.712. The maximum Gasteiger partial charge on any atom is 0.0466 e. The molecule has 1 aliphatic carbocycles. The molecule has 0 spiro atoms. The Morgan fingerprint density at radius 2 is 2.44 bits per heavy atom. The molecule has 16 heavy (non-hydrogen) atoms. The van der Waals surface area contributed by atoms with Crippen molar-refractivity contribution < 1.29 is 0 Å². The summed E-state index contributed by atoms with van der Waals surface area (Å²) in [7, 11) is 0. The first-order valence-corrected chi connectivity index (χ1v) is 6.56. The number of nitrogens with one attached hydrogen (secondary N) is 1. The van der Waals surface area contributed by atoms with Crippen LogP contribution in [-0.2, 0) is 6.42 Å². The largest absolute Gasteiger partial charge is 0.317 e. The summed E-state index contributed by atoms with van der Waals surface area (Å²) >= 11 is 0. The number of pyridine rings is 1. The molecule has 1 aromatic heterocycles. The van der Waals surface area contributed by atoms with Gasteiger partial charge in [-0.05, 0) is 56.8 Å². The zero-order chi connectivity index (χ0) is 11.2. The summed E-state index contributed by atoms with van der Waals surface area (Å²) in [6, 6.07) is 4.32. The van der Waals surface area contributed by atoms with Crippen LogP contribution in [0, 0.1) is 0 Å². The molecule has 0 aromatic carbocycles. The van der Waals surface area contributed by atoms with Crippen LogP contribution in [0.4, 0.5) is 0 Å². The molecule has 2 rings (SSSR count). The normalized spacial score (nSPS) is 19.4. The van der Waals surface area contributed by atoms with E-state index in [4.69, 9.17) is 0 Å². The molecule has 0 bridgehead atoms. The van der Waals surface area contributed by atoms with Crippen LogP contribution < -0.4 is 5.32 Å². The molecule has 0 saturated heterocycles. The first-order valence-electron chi connectivity index (χ1n) is 6.56. The van der Waals surface area contributed by atoms with Crippen molar-refractivity contribution in [1.82, 2.24) is 10.3 Å². The van der Waals surface area contributed by atoms with Gasteiger partial charge in [-0.1, -0.05) is 13.0 Å². The molecule has 1 N–H and O–H groups in total. The average molecular weight is 218 g/mol. The number of nitrogens with zero attached hydrogens (tertiary/aromatic N) is 1. The van der Waals surface area contributed by atoms with Crippen molar-refractivity contribution in [3.63, 3.8) is 0 Å². The third-order valence-corrected chi connectivity index (χ3v) is 3.47. The van der Waals surface area contributed by atoms with Gasteiger partial charge in [0.1, 0.15) is 0 Å². The van der Waals surface area contributed by atoms with Crippen molar-refractivity contribution in [3.8, 4) is 0 Å². The van der Waals surface area contributed by atoms with Crippen LogP contribution in [-0.4, -0.2) is 18.1 Å². The maximum absolute atomic E-state index is 4.58. The molecule has 88 valence electrons. The zero-order valence-corrected chi connectivity index (χ0v) is 10.2. The third kappa shape index (κ3) is 2.82. The molecule has 0 saturated carbocycles. The van der Waals surface area contributed by atoms with Gasteiger partial charge in [0.15, 0.2) is 0 Å². The van der Waals surface area contributed by atoms with Gasteiger partial charge in [-0.25, -0.2) is 0 Å². The van der Waals surface area contributed by atoms with Gasteiger partial charge in [0.05, 0.1) is 0 Å². The summed E-state index contributed by atoms with van der Waals surface area (Å²) in [5, 5.41) is 3.39. The van der Waals surface area contributed by atoms with Crippen LogP contribution in [0.3, 0.4) is 0 Å². The fourth-order valence-electron chi connectivity index (χ4n) is 2.64. The van der Waals surface area contributed by atoms with Crippen LogP contribution in [0.5, 0.6) is 0 Å². The fourth-order valence-corrected chi connectivity index (χ4v) is 2.64. The second-order valence-corrected chi connectivity index (χ2v) is 4.63. The van der Waals surface area contributed by atoms with Crippen LogP contribution >= 0.6 is 0 Å². The molecule has 1 aliphatic rings. The highest BCUT2D eigenvalue weighted by molar-refractivity contribution is 5.25. The Labute approximate surface area is 98.5 Å². The van der Waals surface area contributed by atoms with Gasteiger partial charge in [0.25, 0.3) is 0 Å². The van der Waals surface area contributed by atoms with Crippen LogP contribution in [0.15, 0.2) is 18.3 Å². The lowest BCUT2D eigenvalue weighted by molar-refractivity contribution is 0.483. The third-order valence-electron chi connectivity index (χ3n) is 3.47. The Hall–Kier alpha value is -0.890. The highest BCUT2D eigenvalue weighted by atomic mass is 14.8. The van der Waals surface area contributed by atoms with Crippen molar-refractivity contribution in [2.24, 2.45) is 0 Å². The van der Waals surface area contributed by atoms with E-state index >= 15 is 0 Å². The highest BCUT2D eigenvalue weighted by Crippen LogP contribution is 2.32. The Bertz CT molecular complexity index is 322. The Balaban J connectivity index is 1.91. The zero-order valence-electron chi connectivity index (χ0n) is 10.2. The molecule has 1 unspecified atom stereocenters. The van der Waals surface area contributed by atoms with E-state index in [0.29, 0.717) is 5.92 Å². The Morgan fingerprint density at radius 3 is 3.31 bits per heavy atom. The van der Waals surface area contributed by atoms with Gasteiger partial charge in [0.2, 0.25) is 0 Å². The maximum atomic E-state index is 4.58. The second-order valence-electron chi connectivity index (χ2n) is 4.63. The van der Waals surface area contributed by atoms with Crippen molar-refractivity contribution >= 4 is 0 Å². The topological polar surface area (TPSA) is 24.9 Å². The molecule has 1 aromatic rings. The van der Waals surface area contributed by atoms with Gasteiger partial charge < -0.3 is 5.32 Å². The van der Waals surface area contributed by atoms with E-state index in [2.05, 4.69) is 29.4 Å². The van der Waals surface area contributed by atoms with E-state index in [9.17, 15) is 0 Å². The lowest BCUT2D eigenvalue weighted by Crippen LogP contribution is -2.17. The van der Waals surface area contributed by atoms with Crippen molar-refractivity contribution in [2.45, 2.75) is 44.9 Å². The molecule has 0 aliphatic heterocycles. The smallest absolute Gasteiger partial charge is 0.0466 e. The minimum absolute atomic E-state index is 0.712. The van der Waals surface area contributed by atoms with Gasteiger partial charge in [-0.3, -0.25) is 4.98 Å². The van der Waals surface area contributed by atoms with Crippen LogP contribution in [0.1, 0.15) is 49.8 Å². The lowest BCUT2D eigenvalue weighted by atomic mass is 9.84. The first-order chi connectivity index (χ1) is 7.92. The van der Waals surface area contributed by atoms with Crippen LogP contribution in [0.25, 0.3) is 0 Å². The van der Waals surface area contributed by atoms with E-state index in [1.807, 2.05) is 6.20 Å². The molecule has 0 amide bonds. The van der Waals surface area contributed by atoms with E-state index in [-0.39, 0.29) is 0 Å². The molecule has 1 atom stereocenters. The number of hydrogen-bond acceptors (Lipinski definition) is 2. The summed E-state index contributed by atoms with van der Waals surface area (Å²) in [4.78, 5) is 4.58. The van der Waals surface area contributed by atoms with Crippen molar-refractivity contribution in [3.05, 3.63) is 29.6 Å². The summed E-state index contributed by atoms with van der Waals surface area (Å²) in [5.41, 5.74) is 2.87. The molecular weight excluding hydrogens is 196 g/mol. The predicted octanol–water partition coefficient (Wildman–Crippen LogP) is 2.89. The second kappa shape index (κ2) is 6.00. The Kier molecular flexibility index (Phi) is 4.34. The average Bonchev–Trinajstić information content (AvgIpc) is 2.35. The number of aryl methyl sites for hydroxylation is 1. The number of aromatic nitrogens is 1. The van der Waals surface area contributed by atoms with E-state index in [1.54, 1.807) is 0 Å². The highest BCUT2D eigenvalue weighted by Gasteiger charge is 2.20. The molecular formula is C14H22N2. The summed E-state index contributed by atoms with van der Waals surface area (Å²) in [5.74, 6) is 0.712. The lowest BCUT2D eigenvalue weighted by Gasteiger charge is -2.24. The fraction of sp³-hybridized carbons (Fsp3) is 0.643. The van der Waals surface area contributed by atoms with Crippen molar-refractivity contribution in [2.75, 3.05) is 13.1 Å². The monoisotopic (exact) mass is 218 g/mol. The number of rotatable bonds is 5. The van der Waals surface area contributed by atoms with Gasteiger partial charge >= 0.3 is 0 Å². The van der Waals surface area contributed by atoms with E-state index < -0.39 is 0 Å². The molecule has 1 heterocycles. The summed E-state index contributed by atoms with van der Waals surface area (Å²) < 4.78 is 0. The number of fused-ring (bicyclic) bond motifs is 1. The quantitative estimate of drug-likeness (QED) is 0.769. The molecule has 0 fully saturated rings. The predicted molar refractivity (Wildman–Crippen MR) is 67.7 cm³/mol. The minimum Gasteiger partial charge on any atom is -0.317 e. The standard InChI is InChI=1S/C14H22N2/c1-2-15-10-4-8-12-6-3-7-13-9-5-11-16-14(12)13/h5,9,11-12,15H,2-4,6-8,10H2,1H3. The summed E-state index contributed by atoms with van der Waals surface area (Å²) in [6.07, 6.45) is 8.40. The molecule has 2 heteroatoms. The van der Waals surface area contributed by atoms with E-state index in [1.165, 1.54) is 43.4 Å². The van der Waals surface area contributed by atoms with Crippen molar-refractivity contribution in [1.29, 1.82) is 0 Å². The van der Waals surface area contributed by atoms with Gasteiger partial charge in [0, 0.05) is 17.8 Å². The van der Waals surface area contributed by atoms with Crippen LogP contribution in [0.2, 0.25) is 0 Å². The SMILES string of the molecule is CCNCCCC1CCCc2cccnc21. The van der Waals surface area contributed by atoms with Gasteiger partial charge in [-0.15, -0.1) is 0 Å². The molecule has 2 nitrogen and oxygen atoms in total. The Morgan fingerprint density at radius 1 is 1.50 bits per heavy atom. The first kappa shape index (κ1) is 11.6. The molecule has 0 radical (unpaired) electrons. The summed E-state index contributed by atoms with van der Waals surface area (Å²) in [6.45, 7) is 4.39.